The van der Waals surface area contributed by atoms with E-state index in [0.29, 0.717) is 29.4 Å². The van der Waals surface area contributed by atoms with Gasteiger partial charge in [-0.15, -0.1) is 0 Å². The van der Waals surface area contributed by atoms with E-state index in [0.717, 1.165) is 27.3 Å². The van der Waals surface area contributed by atoms with Gasteiger partial charge in [0.25, 0.3) is 5.91 Å². The van der Waals surface area contributed by atoms with Crippen LogP contribution in [0, 0.1) is 13.8 Å². The van der Waals surface area contributed by atoms with E-state index in [1.54, 1.807) is 44.4 Å². The maximum absolute atomic E-state index is 12.5. The first kappa shape index (κ1) is 25.8. The fourth-order valence-corrected chi connectivity index (χ4v) is 4.34. The monoisotopic (exact) mass is 495 g/mol. The largest absolute Gasteiger partial charge is 0.493 e. The van der Waals surface area contributed by atoms with E-state index in [-0.39, 0.29) is 0 Å². The second kappa shape index (κ2) is 11.5. The molecule has 0 spiro atoms. The fourth-order valence-electron chi connectivity index (χ4n) is 3.43. The molecule has 0 aromatic heterocycles. The van der Waals surface area contributed by atoms with Gasteiger partial charge in [0.15, 0.2) is 11.5 Å². The summed E-state index contributed by atoms with van der Waals surface area (Å²) in [5.41, 5.74) is 6.30. The Balaban J connectivity index is 1.64. The lowest BCUT2D eigenvalue weighted by molar-refractivity contribution is -0.119. The molecule has 184 valence electrons. The summed E-state index contributed by atoms with van der Waals surface area (Å²) in [5, 5.41) is 3.96. The van der Waals surface area contributed by atoms with Crippen LogP contribution in [0.1, 0.15) is 22.3 Å². The summed E-state index contributed by atoms with van der Waals surface area (Å²) < 4.78 is 37.0. The lowest BCUT2D eigenvalue weighted by Crippen LogP contribution is -2.39. The fraction of sp³-hybridized carbons (Fsp3) is 0.231. The van der Waals surface area contributed by atoms with Crippen molar-refractivity contribution in [1.29, 1.82) is 0 Å². The summed E-state index contributed by atoms with van der Waals surface area (Å²) in [4.78, 5) is 12.5. The minimum Gasteiger partial charge on any atom is -0.493 e. The molecule has 9 heteroatoms. The molecule has 0 radical (unpaired) electrons. The molecule has 0 bridgehead atoms. The van der Waals surface area contributed by atoms with E-state index in [1.165, 1.54) is 6.21 Å². The molecule has 0 aliphatic rings. The molecule has 0 fully saturated rings. The van der Waals surface area contributed by atoms with Crippen molar-refractivity contribution in [2.75, 3.05) is 24.2 Å². The third-order valence-electron chi connectivity index (χ3n) is 5.14. The van der Waals surface area contributed by atoms with Gasteiger partial charge in [-0.25, -0.2) is 13.8 Å². The van der Waals surface area contributed by atoms with E-state index < -0.39 is 22.5 Å². The van der Waals surface area contributed by atoms with E-state index in [4.69, 9.17) is 9.47 Å². The Morgan fingerprint density at radius 1 is 1.03 bits per heavy atom. The van der Waals surface area contributed by atoms with Crippen molar-refractivity contribution in [3.63, 3.8) is 0 Å². The molecular weight excluding hydrogens is 466 g/mol. The summed E-state index contributed by atoms with van der Waals surface area (Å²) in [6.45, 7) is 3.73. The van der Waals surface area contributed by atoms with Crippen LogP contribution in [-0.4, -0.2) is 40.4 Å². The highest BCUT2D eigenvalue weighted by molar-refractivity contribution is 7.92. The van der Waals surface area contributed by atoms with Crippen LogP contribution in [0.15, 0.2) is 71.8 Å². The molecule has 0 saturated carbocycles. The molecule has 3 aromatic rings. The number of ether oxygens (including phenoxy) is 2. The summed E-state index contributed by atoms with van der Waals surface area (Å²) in [7, 11) is -2.13. The van der Waals surface area contributed by atoms with Gasteiger partial charge in [-0.1, -0.05) is 48.0 Å². The molecule has 3 aromatic carbocycles. The second-order valence-electron chi connectivity index (χ2n) is 8.04. The summed E-state index contributed by atoms with van der Waals surface area (Å²) in [5.74, 6) is 0.533. The number of carbonyl (C=O) groups is 1. The van der Waals surface area contributed by atoms with Gasteiger partial charge < -0.3 is 9.47 Å². The first-order valence-electron chi connectivity index (χ1n) is 10.9. The zero-order chi connectivity index (χ0) is 25.4. The standard InChI is InChI=1S/C26H29N3O5S/c1-19-10-12-23(20(2)14-19)29(35(4,31)32)17-26(30)28-27-16-22-11-13-24(25(15-22)33-3)34-18-21-8-6-5-7-9-21/h5-16H,17-18H2,1-4H3,(H,28,30)/b27-16-. The number of carbonyl (C=O) groups excluding carboxylic acids is 1. The van der Waals surface area contributed by atoms with Gasteiger partial charge in [-0.05, 0) is 54.8 Å². The van der Waals surface area contributed by atoms with Gasteiger partial charge in [0.1, 0.15) is 13.2 Å². The van der Waals surface area contributed by atoms with Gasteiger partial charge >= 0.3 is 0 Å². The van der Waals surface area contributed by atoms with Crippen LogP contribution in [0.3, 0.4) is 0 Å². The van der Waals surface area contributed by atoms with Crippen molar-refractivity contribution in [1.82, 2.24) is 5.43 Å². The number of nitrogens with one attached hydrogen (secondary N) is 1. The quantitative estimate of drug-likeness (QED) is 0.341. The van der Waals surface area contributed by atoms with Crippen molar-refractivity contribution in [2.24, 2.45) is 5.10 Å². The van der Waals surface area contributed by atoms with Crippen molar-refractivity contribution >= 4 is 27.8 Å². The number of anilines is 1. The minimum atomic E-state index is -3.67. The SMILES string of the molecule is COc1cc(/C=N\NC(=O)CN(c2ccc(C)cc2C)S(C)(=O)=O)ccc1OCc1ccccc1. The zero-order valence-electron chi connectivity index (χ0n) is 20.2. The maximum Gasteiger partial charge on any atom is 0.260 e. The van der Waals surface area contributed by atoms with Gasteiger partial charge in [0.2, 0.25) is 10.0 Å². The van der Waals surface area contributed by atoms with Gasteiger partial charge in [-0.2, -0.15) is 5.10 Å². The first-order chi connectivity index (χ1) is 16.7. The van der Waals surface area contributed by atoms with E-state index in [2.05, 4.69) is 10.5 Å². The average molecular weight is 496 g/mol. The summed E-state index contributed by atoms with van der Waals surface area (Å²) in [6.07, 6.45) is 2.51. The lowest BCUT2D eigenvalue weighted by Gasteiger charge is -2.23. The molecular formula is C26H29N3O5S. The van der Waals surface area contributed by atoms with Crippen LogP contribution in [0.2, 0.25) is 0 Å². The van der Waals surface area contributed by atoms with E-state index in [1.807, 2.05) is 43.3 Å². The summed E-state index contributed by atoms with van der Waals surface area (Å²) >= 11 is 0. The number of hydrogen-bond donors (Lipinski definition) is 1. The highest BCUT2D eigenvalue weighted by Gasteiger charge is 2.22. The third-order valence-corrected chi connectivity index (χ3v) is 6.26. The Bertz CT molecular complexity index is 1310. The first-order valence-corrected chi connectivity index (χ1v) is 12.7. The van der Waals surface area contributed by atoms with Crippen LogP contribution >= 0.6 is 0 Å². The third kappa shape index (κ3) is 7.31. The molecule has 0 heterocycles. The Kier molecular flexibility index (Phi) is 8.48. The number of nitrogens with zero attached hydrogens (tertiary/aromatic N) is 2. The molecule has 0 aliphatic heterocycles. The minimum absolute atomic E-state index is 0.393. The molecule has 1 amide bonds. The number of benzene rings is 3. The molecule has 3 rings (SSSR count). The Hall–Kier alpha value is -3.85. The van der Waals surface area contributed by atoms with Gasteiger partial charge in [0.05, 0.1) is 25.3 Å². The zero-order valence-corrected chi connectivity index (χ0v) is 21.0. The molecule has 1 N–H and O–H groups in total. The average Bonchev–Trinajstić information content (AvgIpc) is 2.82. The molecule has 35 heavy (non-hydrogen) atoms. The number of hydrogen-bond acceptors (Lipinski definition) is 6. The van der Waals surface area contributed by atoms with E-state index in [9.17, 15) is 13.2 Å². The normalized spacial score (nSPS) is 11.3. The van der Waals surface area contributed by atoms with Gasteiger partial charge in [0, 0.05) is 0 Å². The van der Waals surface area contributed by atoms with E-state index >= 15 is 0 Å². The van der Waals surface area contributed by atoms with Crippen molar-refractivity contribution in [3.8, 4) is 11.5 Å². The number of sulfonamides is 1. The molecule has 8 nitrogen and oxygen atoms in total. The highest BCUT2D eigenvalue weighted by Crippen LogP contribution is 2.28. The number of methoxy groups -OCH3 is 1. The molecule has 0 atom stereocenters. The van der Waals surface area contributed by atoms with Crippen molar-refractivity contribution in [3.05, 3.63) is 89.0 Å². The predicted molar refractivity (Wildman–Crippen MR) is 138 cm³/mol. The Morgan fingerprint density at radius 3 is 2.43 bits per heavy atom. The van der Waals surface area contributed by atoms with Crippen LogP contribution in [-0.2, 0) is 21.4 Å². The number of rotatable bonds is 10. The van der Waals surface area contributed by atoms with Crippen LogP contribution < -0.4 is 19.2 Å². The van der Waals surface area contributed by atoms with Crippen LogP contribution in [0.4, 0.5) is 5.69 Å². The number of aryl methyl sites for hydroxylation is 2. The van der Waals surface area contributed by atoms with Crippen LogP contribution in [0.5, 0.6) is 11.5 Å². The smallest absolute Gasteiger partial charge is 0.260 e. The van der Waals surface area contributed by atoms with Crippen molar-refractivity contribution in [2.45, 2.75) is 20.5 Å². The Morgan fingerprint density at radius 2 is 1.77 bits per heavy atom. The molecule has 0 unspecified atom stereocenters. The second-order valence-corrected chi connectivity index (χ2v) is 9.94. The maximum atomic E-state index is 12.5. The summed E-state index contributed by atoms with van der Waals surface area (Å²) in [6, 6.07) is 20.4. The lowest BCUT2D eigenvalue weighted by atomic mass is 10.1. The van der Waals surface area contributed by atoms with Crippen molar-refractivity contribution < 1.29 is 22.7 Å². The van der Waals surface area contributed by atoms with Gasteiger partial charge in [-0.3, -0.25) is 9.10 Å². The topological polar surface area (TPSA) is 97.3 Å². The predicted octanol–water partition coefficient (Wildman–Crippen LogP) is 3.81. The molecule has 0 aliphatic carbocycles. The Labute approximate surface area is 206 Å². The highest BCUT2D eigenvalue weighted by atomic mass is 32.2. The number of amides is 1. The molecule has 0 saturated heterocycles. The van der Waals surface area contributed by atoms with Crippen LogP contribution in [0.25, 0.3) is 0 Å². The number of hydrazone groups is 1.